The number of allylic oxidation sites excluding steroid dienone is 1. The zero-order chi connectivity index (χ0) is 45.0. The number of thiazole rings is 1. The molecule has 0 spiro atoms. The van der Waals surface area contributed by atoms with Gasteiger partial charge in [-0.15, -0.1) is 11.3 Å². The maximum atomic E-state index is 14.9. The van der Waals surface area contributed by atoms with E-state index >= 15 is 0 Å². The van der Waals surface area contributed by atoms with Gasteiger partial charge in [0, 0.05) is 35.2 Å². The normalized spacial score (nSPS) is 26.7. The van der Waals surface area contributed by atoms with E-state index in [4.69, 9.17) is 28.6 Å². The van der Waals surface area contributed by atoms with Crippen LogP contribution in [0.4, 0.5) is 4.79 Å². The number of rotatable bonds is 10. The van der Waals surface area contributed by atoms with Gasteiger partial charge < -0.3 is 34.2 Å². The fraction of sp³-hybridized carbons (Fsp3) is 0.565. The lowest BCUT2D eigenvalue weighted by molar-refractivity contribution is -0.141. The number of aromatic nitrogens is 2. The maximum absolute atomic E-state index is 14.9. The molecule has 9 rings (SSSR count). The summed E-state index contributed by atoms with van der Waals surface area (Å²) >= 11 is 1.46. The first-order valence-corrected chi connectivity index (χ1v) is 24.9. The summed E-state index contributed by atoms with van der Waals surface area (Å²) < 4.78 is 52.3. The summed E-state index contributed by atoms with van der Waals surface area (Å²) in [5.74, 6) is -1.27. The molecular weight excluding hydrogens is 861 g/mol. The van der Waals surface area contributed by atoms with E-state index in [0.29, 0.717) is 71.0 Å². The minimum absolute atomic E-state index is 0.00728. The van der Waals surface area contributed by atoms with E-state index in [1.54, 1.807) is 26.2 Å². The lowest BCUT2D eigenvalue weighted by atomic mass is 10.0. The molecule has 0 bridgehead atoms. The zero-order valence-corrected chi connectivity index (χ0v) is 38.3. The molecular formula is C46H56N6O10S2. The van der Waals surface area contributed by atoms with Crippen molar-refractivity contribution in [3.63, 3.8) is 0 Å². The van der Waals surface area contributed by atoms with E-state index in [2.05, 4.69) is 29.2 Å². The number of carbonyl (C=O) groups is 4. The summed E-state index contributed by atoms with van der Waals surface area (Å²) in [6.45, 7) is 5.68. The number of alkyl carbamates (subject to hydrolysis) is 1. The van der Waals surface area contributed by atoms with Gasteiger partial charge >= 0.3 is 6.09 Å². The minimum atomic E-state index is -4.02. The number of hydrogen-bond donors (Lipinski definition) is 3. The van der Waals surface area contributed by atoms with Crippen molar-refractivity contribution < 1.29 is 46.2 Å². The second-order valence-electron chi connectivity index (χ2n) is 18.6. The number of pyridine rings is 1. The van der Waals surface area contributed by atoms with Crippen molar-refractivity contribution in [1.29, 1.82) is 0 Å². The van der Waals surface area contributed by atoms with Crippen molar-refractivity contribution in [2.24, 2.45) is 5.92 Å². The number of benzene rings is 1. The predicted molar refractivity (Wildman–Crippen MR) is 239 cm³/mol. The van der Waals surface area contributed by atoms with Crippen LogP contribution in [0.5, 0.6) is 11.5 Å². The molecule has 3 aliphatic carbocycles. The monoisotopic (exact) mass is 916 g/mol. The van der Waals surface area contributed by atoms with Crippen molar-refractivity contribution >= 4 is 67.2 Å². The number of methoxy groups -OCH3 is 1. The molecule has 3 aromatic heterocycles. The highest BCUT2D eigenvalue weighted by Crippen LogP contribution is 2.48. The van der Waals surface area contributed by atoms with Gasteiger partial charge in [0.05, 0.1) is 24.1 Å². The third-order valence-corrected chi connectivity index (χ3v) is 16.6. The highest BCUT2D eigenvalue weighted by Gasteiger charge is 2.63. The van der Waals surface area contributed by atoms with Gasteiger partial charge in [-0.1, -0.05) is 38.8 Å². The molecule has 3 N–H and O–H groups in total. The lowest BCUT2D eigenvalue weighted by Gasteiger charge is -2.30. The zero-order valence-electron chi connectivity index (χ0n) is 36.6. The number of carbonyl (C=O) groups excluding carboxylic acids is 4. The molecule has 1 aromatic carbocycles. The Balaban J connectivity index is 1.06. The highest BCUT2D eigenvalue weighted by atomic mass is 32.2. The van der Waals surface area contributed by atoms with E-state index in [-0.39, 0.29) is 31.4 Å². The van der Waals surface area contributed by atoms with E-state index in [9.17, 15) is 27.6 Å². The summed E-state index contributed by atoms with van der Waals surface area (Å²) in [5, 5.41) is 9.19. The number of fused-ring (bicyclic) bond motifs is 5. The van der Waals surface area contributed by atoms with E-state index in [1.165, 1.54) is 16.2 Å². The lowest BCUT2D eigenvalue weighted by Crippen LogP contribution is -2.58. The molecule has 1 saturated heterocycles. The van der Waals surface area contributed by atoms with Crippen molar-refractivity contribution in [3.8, 4) is 22.2 Å². The number of amides is 4. The molecule has 5 heterocycles. The maximum Gasteiger partial charge on any atom is 0.408 e. The van der Waals surface area contributed by atoms with Gasteiger partial charge in [-0.05, 0) is 89.2 Å². The first kappa shape index (κ1) is 44.0. The molecule has 5 atom stereocenters. The van der Waals surface area contributed by atoms with Gasteiger partial charge in [0.1, 0.15) is 57.4 Å². The summed E-state index contributed by atoms with van der Waals surface area (Å²) in [5.41, 5.74) is 1.34. The third-order valence-electron chi connectivity index (χ3n) is 13.6. The van der Waals surface area contributed by atoms with Crippen molar-refractivity contribution in [2.45, 2.75) is 145 Å². The van der Waals surface area contributed by atoms with Gasteiger partial charge in [-0.2, -0.15) is 0 Å². The van der Waals surface area contributed by atoms with Crippen LogP contribution in [0.3, 0.4) is 0 Å². The van der Waals surface area contributed by atoms with E-state index < -0.39 is 68.2 Å². The minimum Gasteiger partial charge on any atom is -0.497 e. The Bertz CT molecular complexity index is 2610. The van der Waals surface area contributed by atoms with Crippen LogP contribution in [0, 0.1) is 5.92 Å². The van der Waals surface area contributed by atoms with Crippen LogP contribution in [-0.2, 0) is 29.1 Å². The smallest absolute Gasteiger partial charge is 0.408 e. The molecule has 16 nitrogen and oxygen atoms in total. The second-order valence-corrected chi connectivity index (χ2v) is 21.6. The van der Waals surface area contributed by atoms with Crippen LogP contribution in [0.2, 0.25) is 0 Å². The fourth-order valence-corrected chi connectivity index (χ4v) is 11.4. The first-order chi connectivity index (χ1) is 30.7. The molecule has 0 unspecified atom stereocenters. The molecule has 2 aliphatic heterocycles. The molecule has 18 heteroatoms. The second kappa shape index (κ2) is 17.3. The largest absolute Gasteiger partial charge is 0.497 e. The number of furan rings is 1. The summed E-state index contributed by atoms with van der Waals surface area (Å²) in [6, 6.07) is 5.04. The predicted octanol–water partition coefficient (Wildman–Crippen LogP) is 7.02. The molecule has 4 amide bonds. The third kappa shape index (κ3) is 8.66. The Morgan fingerprint density at radius 1 is 1.03 bits per heavy atom. The van der Waals surface area contributed by atoms with Crippen molar-refractivity contribution in [2.75, 3.05) is 13.7 Å². The van der Waals surface area contributed by atoms with E-state index in [0.717, 1.165) is 49.6 Å². The summed E-state index contributed by atoms with van der Waals surface area (Å²) in [7, 11) is -2.45. The van der Waals surface area contributed by atoms with Gasteiger partial charge in [-0.25, -0.2) is 23.2 Å². The number of hydrogen-bond acceptors (Lipinski definition) is 13. The fourth-order valence-electron chi connectivity index (χ4n) is 9.14. The molecule has 4 fully saturated rings. The Morgan fingerprint density at radius 3 is 2.55 bits per heavy atom. The molecule has 64 heavy (non-hydrogen) atoms. The first-order valence-electron chi connectivity index (χ1n) is 22.5. The van der Waals surface area contributed by atoms with Gasteiger partial charge in [0.2, 0.25) is 21.8 Å². The van der Waals surface area contributed by atoms with Crippen LogP contribution in [0.15, 0.2) is 46.2 Å². The number of sulfonamides is 1. The Hall–Kier alpha value is -5.23. The quantitative estimate of drug-likeness (QED) is 0.137. The number of ether oxygens (including phenoxy) is 3. The van der Waals surface area contributed by atoms with Crippen LogP contribution < -0.4 is 24.8 Å². The molecule has 3 saturated carbocycles. The van der Waals surface area contributed by atoms with Crippen LogP contribution in [0.25, 0.3) is 32.8 Å². The Kier molecular flexibility index (Phi) is 11.9. The average molecular weight is 917 g/mol. The topological polar surface area (TPSA) is 208 Å². The molecule has 5 aliphatic rings. The standard InChI is InChI=1S/C46H56N6O10S2/c1-26(2)34-25-63-41(48-34)33-22-37(39-38(47-33)31-17-16-29(59-4)21-36(31)62-39)60-30-20-35-40(53)50-46(43(55)51-64(57,58)45(3)18-19-45)23-27(46)12-8-6-5-7-9-15-32(42(54)52(35)24-30)49-44(56)61-28-13-10-11-14-28/h8,12,16-17,21-22,25-28,30,32,35H,5-7,9-11,13-15,18-20,23-24H2,1-4H3,(H,49,56)(H,50,53)(H,51,55)/b12-8-/t27-,30+,32-,35-,46+/m0/s1. The van der Waals surface area contributed by atoms with E-state index in [1.807, 2.05) is 29.7 Å². The van der Waals surface area contributed by atoms with Crippen molar-refractivity contribution in [3.05, 3.63) is 47.5 Å². The Labute approximate surface area is 376 Å². The number of nitrogens with one attached hydrogen (secondary N) is 3. The van der Waals surface area contributed by atoms with Crippen LogP contribution >= 0.6 is 11.3 Å². The SMILES string of the molecule is COc1ccc2c(c1)oc1c(O[C@@H]3C[C@H]4C(=O)N[C@]5(C(=O)NS(=O)(=O)C6(C)CC6)C[C@@H]5/C=C\CCCCC[C@H](NC(=O)OC5CCCC5)C(=O)N4C3)cc(-c3nc(C(C)C)cs3)nc12. The molecule has 0 radical (unpaired) electrons. The van der Waals surface area contributed by atoms with Crippen LogP contribution in [0.1, 0.15) is 116 Å². The van der Waals surface area contributed by atoms with Gasteiger partial charge in [-0.3, -0.25) is 19.1 Å². The summed E-state index contributed by atoms with van der Waals surface area (Å²) in [4.78, 5) is 68.3. The van der Waals surface area contributed by atoms with Gasteiger partial charge in [0.25, 0.3) is 5.91 Å². The van der Waals surface area contributed by atoms with Crippen LogP contribution in [-0.4, -0.2) is 95.3 Å². The average Bonchev–Trinajstić information content (AvgIpc) is 3.74. The molecule has 342 valence electrons. The van der Waals surface area contributed by atoms with Gasteiger partial charge in [0.15, 0.2) is 11.3 Å². The highest BCUT2D eigenvalue weighted by molar-refractivity contribution is 7.91. The summed E-state index contributed by atoms with van der Waals surface area (Å²) in [6.07, 6.45) is 9.81. The van der Waals surface area contributed by atoms with Crippen molar-refractivity contribution in [1.82, 2.24) is 30.2 Å². The number of nitrogens with zero attached hydrogens (tertiary/aromatic N) is 3. The Morgan fingerprint density at radius 2 is 1.81 bits per heavy atom. The molecule has 4 aromatic rings.